The van der Waals surface area contributed by atoms with Crippen LogP contribution >= 0.6 is 11.8 Å². The van der Waals surface area contributed by atoms with E-state index in [0.717, 1.165) is 40.3 Å². The highest BCUT2D eigenvalue weighted by Crippen LogP contribution is 2.37. The average Bonchev–Trinajstić information content (AvgIpc) is 3.15. The minimum absolute atomic E-state index is 0.114. The zero-order valence-electron chi connectivity index (χ0n) is 22.0. The minimum atomic E-state index is -0.524. The second-order valence-electron chi connectivity index (χ2n) is 9.28. The highest BCUT2D eigenvalue weighted by molar-refractivity contribution is 7.98. The van der Waals surface area contributed by atoms with Gasteiger partial charge in [0.15, 0.2) is 5.16 Å². The van der Waals surface area contributed by atoms with Crippen LogP contribution in [0.4, 0.5) is 4.79 Å². The van der Waals surface area contributed by atoms with Gasteiger partial charge in [0, 0.05) is 41.8 Å². The zero-order chi connectivity index (χ0) is 25.9. The number of hydrogen-bond donors (Lipinski definition) is 0. The van der Waals surface area contributed by atoms with Gasteiger partial charge in [-0.2, -0.15) is 0 Å². The predicted molar refractivity (Wildman–Crippen MR) is 140 cm³/mol. The quantitative estimate of drug-likeness (QED) is 0.248. The minimum Gasteiger partial charge on any atom is -0.465 e. The van der Waals surface area contributed by atoms with Gasteiger partial charge in [-0.15, -0.1) is 0 Å². The molecule has 0 radical (unpaired) electrons. The maximum atomic E-state index is 12.7. The lowest BCUT2D eigenvalue weighted by Crippen LogP contribution is -2.42. The lowest BCUT2D eigenvalue weighted by Gasteiger charge is -2.35. The summed E-state index contributed by atoms with van der Waals surface area (Å²) in [6.07, 6.45) is 4.98. The second-order valence-corrected chi connectivity index (χ2v) is 10.1. The SMILES string of the molecule is CC.COC(=O)c1c(C)n(C2CCN(C(=O)OC(C)(C)C)CC2)c2c1ccc1cnc(SC)nc12. The molecule has 1 aliphatic heterocycles. The van der Waals surface area contributed by atoms with Crippen LogP contribution < -0.4 is 0 Å². The van der Waals surface area contributed by atoms with E-state index in [2.05, 4.69) is 9.55 Å². The summed E-state index contributed by atoms with van der Waals surface area (Å²) in [6.45, 7) is 12.7. The molecule has 35 heavy (non-hydrogen) atoms. The number of rotatable bonds is 3. The van der Waals surface area contributed by atoms with Gasteiger partial charge in [0.05, 0.1) is 23.7 Å². The Hall–Kier alpha value is -2.81. The fourth-order valence-electron chi connectivity index (χ4n) is 4.54. The first kappa shape index (κ1) is 26.8. The van der Waals surface area contributed by atoms with Gasteiger partial charge in [-0.05, 0) is 46.8 Å². The van der Waals surface area contributed by atoms with E-state index >= 15 is 0 Å². The van der Waals surface area contributed by atoms with E-state index in [1.165, 1.54) is 18.9 Å². The van der Waals surface area contributed by atoms with Gasteiger partial charge >= 0.3 is 12.1 Å². The molecule has 1 saturated heterocycles. The number of fused-ring (bicyclic) bond motifs is 3. The van der Waals surface area contributed by atoms with Crippen LogP contribution in [-0.4, -0.2) is 63.6 Å². The topological polar surface area (TPSA) is 86.5 Å². The number of thioether (sulfide) groups is 1. The Balaban J connectivity index is 0.00000167. The number of likely N-dealkylation sites (tertiary alicyclic amines) is 1. The Morgan fingerprint density at radius 3 is 2.37 bits per heavy atom. The van der Waals surface area contributed by atoms with Gasteiger partial charge in [-0.3, -0.25) is 0 Å². The van der Waals surface area contributed by atoms with Crippen LogP contribution in [0.1, 0.15) is 69.6 Å². The first-order valence-corrected chi connectivity index (χ1v) is 13.3. The number of methoxy groups -OCH3 is 1. The summed E-state index contributed by atoms with van der Waals surface area (Å²) >= 11 is 1.48. The molecule has 1 aliphatic rings. The van der Waals surface area contributed by atoms with Crippen LogP contribution in [0.5, 0.6) is 0 Å². The van der Waals surface area contributed by atoms with Crippen LogP contribution in [0.25, 0.3) is 21.8 Å². The third-order valence-electron chi connectivity index (χ3n) is 5.99. The number of carbonyl (C=O) groups excluding carboxylic acids is 2. The number of hydrogen-bond acceptors (Lipinski definition) is 7. The number of benzene rings is 1. The Bertz CT molecular complexity index is 1220. The van der Waals surface area contributed by atoms with Crippen molar-refractivity contribution in [2.75, 3.05) is 26.5 Å². The third kappa shape index (κ3) is 5.39. The van der Waals surface area contributed by atoms with Crippen LogP contribution in [0.15, 0.2) is 23.5 Å². The number of amides is 1. The van der Waals surface area contributed by atoms with Crippen LogP contribution in [0.3, 0.4) is 0 Å². The van der Waals surface area contributed by atoms with E-state index in [0.29, 0.717) is 23.8 Å². The summed E-state index contributed by atoms with van der Waals surface area (Å²) in [5.74, 6) is -0.360. The Labute approximate surface area is 211 Å². The normalized spacial score (nSPS) is 14.6. The predicted octanol–water partition coefficient (Wildman–Crippen LogP) is 6.00. The maximum Gasteiger partial charge on any atom is 0.410 e. The van der Waals surface area contributed by atoms with Crippen molar-refractivity contribution in [1.82, 2.24) is 19.4 Å². The highest BCUT2D eigenvalue weighted by atomic mass is 32.2. The van der Waals surface area contributed by atoms with Crippen LogP contribution in [-0.2, 0) is 9.47 Å². The summed E-state index contributed by atoms with van der Waals surface area (Å²) in [5.41, 5.74) is 2.63. The summed E-state index contributed by atoms with van der Waals surface area (Å²) in [4.78, 5) is 36.2. The lowest BCUT2D eigenvalue weighted by atomic mass is 10.0. The highest BCUT2D eigenvalue weighted by Gasteiger charge is 2.31. The summed E-state index contributed by atoms with van der Waals surface area (Å²) < 4.78 is 12.9. The van der Waals surface area contributed by atoms with Gasteiger partial charge < -0.3 is 18.9 Å². The van der Waals surface area contributed by atoms with Crippen molar-refractivity contribution in [3.05, 3.63) is 29.6 Å². The summed E-state index contributed by atoms with van der Waals surface area (Å²) in [7, 11) is 1.40. The Morgan fingerprint density at radius 1 is 1.14 bits per heavy atom. The Kier molecular flexibility index (Phi) is 8.30. The molecule has 4 rings (SSSR count). The van der Waals surface area contributed by atoms with E-state index in [1.807, 2.05) is 66.1 Å². The van der Waals surface area contributed by atoms with Crippen molar-refractivity contribution in [3.63, 3.8) is 0 Å². The molecular formula is C26H36N4O4S. The van der Waals surface area contributed by atoms with Crippen molar-refractivity contribution in [3.8, 4) is 0 Å². The number of piperidine rings is 1. The first-order valence-electron chi connectivity index (χ1n) is 12.0. The van der Waals surface area contributed by atoms with E-state index in [9.17, 15) is 9.59 Å². The number of aromatic nitrogens is 3. The molecule has 3 heterocycles. The fourth-order valence-corrected chi connectivity index (χ4v) is 4.88. The van der Waals surface area contributed by atoms with Gasteiger partial charge in [0.25, 0.3) is 0 Å². The molecule has 1 fully saturated rings. The monoisotopic (exact) mass is 500 g/mol. The molecule has 0 bridgehead atoms. The molecule has 3 aromatic rings. The van der Waals surface area contributed by atoms with Crippen LogP contribution in [0, 0.1) is 6.92 Å². The van der Waals surface area contributed by atoms with Gasteiger partial charge in [0.2, 0.25) is 0 Å². The number of esters is 1. The largest absolute Gasteiger partial charge is 0.465 e. The number of carbonyl (C=O) groups is 2. The van der Waals surface area contributed by atoms with Crippen molar-refractivity contribution in [1.29, 1.82) is 0 Å². The molecule has 0 spiro atoms. The third-order valence-corrected chi connectivity index (χ3v) is 6.55. The summed E-state index contributed by atoms with van der Waals surface area (Å²) in [5, 5.41) is 2.42. The standard InChI is InChI=1S/C24H30N4O4S.C2H6/c1-14-18(21(29)31-5)17-8-7-15-13-25-22(33-6)26-19(15)20(17)28(14)16-9-11-27(12-10-16)23(30)32-24(2,3)4;1-2/h7-8,13,16H,9-12H2,1-6H3;1-2H3. The molecule has 0 saturated carbocycles. The van der Waals surface area contributed by atoms with Crippen molar-refractivity contribution >= 4 is 45.6 Å². The molecule has 1 amide bonds. The molecule has 9 heteroatoms. The average molecular weight is 501 g/mol. The maximum absolute atomic E-state index is 12.7. The molecule has 8 nitrogen and oxygen atoms in total. The fraction of sp³-hybridized carbons (Fsp3) is 0.538. The van der Waals surface area contributed by atoms with Crippen molar-refractivity contribution in [2.45, 2.75) is 71.2 Å². The number of nitrogens with zero attached hydrogens (tertiary/aromatic N) is 4. The molecule has 2 aromatic heterocycles. The Morgan fingerprint density at radius 2 is 1.80 bits per heavy atom. The summed E-state index contributed by atoms with van der Waals surface area (Å²) in [6, 6.07) is 4.01. The smallest absolute Gasteiger partial charge is 0.410 e. The van der Waals surface area contributed by atoms with E-state index in [-0.39, 0.29) is 18.1 Å². The van der Waals surface area contributed by atoms with E-state index in [1.54, 1.807) is 4.90 Å². The van der Waals surface area contributed by atoms with Crippen molar-refractivity contribution < 1.29 is 19.1 Å². The molecule has 1 aromatic carbocycles. The lowest BCUT2D eigenvalue weighted by molar-refractivity contribution is 0.0189. The van der Waals surface area contributed by atoms with Gasteiger partial charge in [0.1, 0.15) is 5.60 Å². The van der Waals surface area contributed by atoms with Crippen LogP contribution in [0.2, 0.25) is 0 Å². The first-order chi connectivity index (χ1) is 16.6. The molecular weight excluding hydrogens is 464 g/mol. The number of ether oxygens (including phenoxy) is 2. The van der Waals surface area contributed by atoms with Crippen molar-refractivity contribution in [2.24, 2.45) is 0 Å². The molecule has 0 unspecified atom stereocenters. The molecule has 0 atom stereocenters. The zero-order valence-corrected chi connectivity index (χ0v) is 22.8. The molecule has 0 N–H and O–H groups in total. The van der Waals surface area contributed by atoms with E-state index < -0.39 is 5.60 Å². The van der Waals surface area contributed by atoms with Gasteiger partial charge in [-0.1, -0.05) is 37.7 Å². The van der Waals surface area contributed by atoms with Gasteiger partial charge in [-0.25, -0.2) is 19.6 Å². The second kappa shape index (κ2) is 10.8. The molecule has 0 aliphatic carbocycles. The molecule has 190 valence electrons. The van der Waals surface area contributed by atoms with E-state index in [4.69, 9.17) is 14.5 Å².